The fourth-order valence-corrected chi connectivity index (χ4v) is 2.24. The molecule has 0 atom stereocenters. The molecule has 2 N–H and O–H groups in total. The third-order valence-corrected chi connectivity index (χ3v) is 3.49. The van der Waals surface area contributed by atoms with E-state index in [1.807, 2.05) is 0 Å². The number of anilines is 2. The molecule has 0 unspecified atom stereocenters. The highest BCUT2D eigenvalue weighted by atomic mass is 35.5. The summed E-state index contributed by atoms with van der Waals surface area (Å²) in [7, 11) is 0. The van der Waals surface area contributed by atoms with Crippen LogP contribution in [0.3, 0.4) is 0 Å². The van der Waals surface area contributed by atoms with E-state index in [1.54, 1.807) is 6.20 Å². The summed E-state index contributed by atoms with van der Waals surface area (Å²) >= 11 is 6.13. The molecule has 5 nitrogen and oxygen atoms in total. The Morgan fingerprint density at radius 3 is 2.42 bits per heavy atom. The second kappa shape index (κ2) is 8.17. The minimum absolute atomic E-state index is 0.265. The van der Waals surface area contributed by atoms with Crippen molar-refractivity contribution in [3.05, 3.63) is 11.2 Å². The van der Waals surface area contributed by atoms with Crippen molar-refractivity contribution in [1.29, 1.82) is 0 Å². The van der Waals surface area contributed by atoms with E-state index in [0.717, 1.165) is 45.0 Å². The number of nitrogen functional groups attached to an aromatic ring is 1. The predicted octanol–water partition coefficient (Wildman–Crippen LogP) is 2.27. The van der Waals surface area contributed by atoms with E-state index in [-0.39, 0.29) is 5.95 Å². The lowest BCUT2D eigenvalue weighted by atomic mass is 10.3. The third-order valence-electron chi connectivity index (χ3n) is 3.22. The molecule has 108 valence electrons. The molecule has 6 heteroatoms. The normalized spacial score (nSPS) is 11.0. The number of nitrogens with zero attached hydrogens (tertiary/aromatic N) is 4. The molecule has 0 saturated heterocycles. The van der Waals surface area contributed by atoms with Gasteiger partial charge in [-0.15, -0.1) is 0 Å². The van der Waals surface area contributed by atoms with Gasteiger partial charge in [0.15, 0.2) is 5.82 Å². The zero-order chi connectivity index (χ0) is 14.3. The lowest BCUT2D eigenvalue weighted by molar-refractivity contribution is 0.300. The maximum atomic E-state index is 6.13. The number of rotatable bonds is 8. The summed E-state index contributed by atoms with van der Waals surface area (Å²) in [5, 5.41) is 0.555. The lowest BCUT2D eigenvalue weighted by Gasteiger charge is -2.25. The van der Waals surface area contributed by atoms with Crippen LogP contribution < -0.4 is 10.6 Å². The summed E-state index contributed by atoms with van der Waals surface area (Å²) in [5.74, 6) is 0.998. The molecule has 0 amide bonds. The van der Waals surface area contributed by atoms with Crippen LogP contribution in [0.5, 0.6) is 0 Å². The first kappa shape index (κ1) is 16.0. The summed E-state index contributed by atoms with van der Waals surface area (Å²) < 4.78 is 0. The topological polar surface area (TPSA) is 58.3 Å². The van der Waals surface area contributed by atoms with Crippen LogP contribution in [0.1, 0.15) is 27.2 Å². The van der Waals surface area contributed by atoms with Crippen LogP contribution in [0.4, 0.5) is 11.8 Å². The van der Waals surface area contributed by atoms with Crippen molar-refractivity contribution in [2.45, 2.75) is 27.2 Å². The molecule has 1 heterocycles. The summed E-state index contributed by atoms with van der Waals surface area (Å²) in [6.45, 7) is 11.5. The molecule has 0 aromatic carbocycles. The van der Waals surface area contributed by atoms with Gasteiger partial charge >= 0.3 is 0 Å². The van der Waals surface area contributed by atoms with Gasteiger partial charge in [0.2, 0.25) is 5.95 Å². The van der Waals surface area contributed by atoms with Crippen LogP contribution in [0.25, 0.3) is 0 Å². The van der Waals surface area contributed by atoms with Gasteiger partial charge in [-0.1, -0.05) is 25.4 Å². The smallest absolute Gasteiger partial charge is 0.222 e. The standard InChI is InChI=1S/C13H24ClN5/c1-4-18(5-2)8-7-9-19(6-3)12-11(14)10-16-13(15)17-12/h10H,4-9H2,1-3H3,(H2,15,16,17). The van der Waals surface area contributed by atoms with Crippen molar-refractivity contribution in [3.8, 4) is 0 Å². The van der Waals surface area contributed by atoms with Crippen LogP contribution in [0, 0.1) is 0 Å². The molecule has 1 rings (SSSR count). The van der Waals surface area contributed by atoms with Gasteiger partial charge in [-0.3, -0.25) is 0 Å². The zero-order valence-corrected chi connectivity index (χ0v) is 12.8. The highest BCUT2D eigenvalue weighted by Gasteiger charge is 2.11. The van der Waals surface area contributed by atoms with Crippen LogP contribution >= 0.6 is 11.6 Å². The number of hydrogen-bond acceptors (Lipinski definition) is 5. The maximum Gasteiger partial charge on any atom is 0.222 e. The second-order valence-corrected chi connectivity index (χ2v) is 4.77. The summed E-state index contributed by atoms with van der Waals surface area (Å²) in [5.41, 5.74) is 5.62. The van der Waals surface area contributed by atoms with Crippen molar-refractivity contribution in [2.24, 2.45) is 0 Å². The number of hydrogen-bond donors (Lipinski definition) is 1. The highest BCUT2D eigenvalue weighted by Crippen LogP contribution is 2.22. The monoisotopic (exact) mass is 285 g/mol. The summed E-state index contributed by atoms with van der Waals surface area (Å²) in [6, 6.07) is 0. The number of halogens is 1. The van der Waals surface area contributed by atoms with Gasteiger partial charge in [0.1, 0.15) is 5.02 Å². The average Bonchev–Trinajstić information content (AvgIpc) is 2.42. The van der Waals surface area contributed by atoms with Crippen LogP contribution in [-0.2, 0) is 0 Å². The average molecular weight is 286 g/mol. The Hall–Kier alpha value is -1.07. The predicted molar refractivity (Wildman–Crippen MR) is 81.7 cm³/mol. The number of nitrogens with two attached hydrogens (primary N) is 1. The molecule has 0 spiro atoms. The van der Waals surface area contributed by atoms with Crippen molar-refractivity contribution in [3.63, 3.8) is 0 Å². The molecule has 19 heavy (non-hydrogen) atoms. The Balaban J connectivity index is 2.60. The zero-order valence-electron chi connectivity index (χ0n) is 12.1. The van der Waals surface area contributed by atoms with Crippen molar-refractivity contribution in [2.75, 3.05) is 43.4 Å². The van der Waals surface area contributed by atoms with E-state index < -0.39 is 0 Å². The van der Waals surface area contributed by atoms with E-state index in [0.29, 0.717) is 5.02 Å². The molecule has 0 aliphatic rings. The van der Waals surface area contributed by atoms with Gasteiger partial charge in [-0.05, 0) is 33.0 Å². The minimum atomic E-state index is 0.265. The quantitative estimate of drug-likeness (QED) is 0.794. The first-order chi connectivity index (χ1) is 9.12. The minimum Gasteiger partial charge on any atom is -0.368 e. The fraction of sp³-hybridized carbons (Fsp3) is 0.692. The van der Waals surface area contributed by atoms with Gasteiger partial charge < -0.3 is 15.5 Å². The van der Waals surface area contributed by atoms with Crippen LogP contribution in [0.2, 0.25) is 5.02 Å². The molecular weight excluding hydrogens is 262 g/mol. The van der Waals surface area contributed by atoms with Crippen LogP contribution in [0.15, 0.2) is 6.20 Å². The van der Waals surface area contributed by atoms with Gasteiger partial charge in [0, 0.05) is 13.1 Å². The largest absolute Gasteiger partial charge is 0.368 e. The highest BCUT2D eigenvalue weighted by molar-refractivity contribution is 6.32. The summed E-state index contributed by atoms with van der Waals surface area (Å²) in [6.07, 6.45) is 2.64. The number of aromatic nitrogens is 2. The molecule has 0 aliphatic heterocycles. The van der Waals surface area contributed by atoms with E-state index in [2.05, 4.69) is 40.5 Å². The first-order valence-corrected chi connectivity index (χ1v) is 7.25. The Morgan fingerprint density at radius 1 is 1.16 bits per heavy atom. The van der Waals surface area contributed by atoms with Crippen LogP contribution in [-0.4, -0.2) is 47.6 Å². The van der Waals surface area contributed by atoms with Gasteiger partial charge in [0.25, 0.3) is 0 Å². The van der Waals surface area contributed by atoms with Gasteiger partial charge in [-0.25, -0.2) is 4.98 Å². The lowest BCUT2D eigenvalue weighted by Crippen LogP contribution is -2.30. The molecule has 0 fully saturated rings. The molecule has 0 bridgehead atoms. The molecule has 0 radical (unpaired) electrons. The Kier molecular flexibility index (Phi) is 6.87. The maximum absolute atomic E-state index is 6.13. The molecule has 1 aromatic heterocycles. The van der Waals surface area contributed by atoms with Crippen molar-refractivity contribution >= 4 is 23.4 Å². The van der Waals surface area contributed by atoms with Crippen molar-refractivity contribution in [1.82, 2.24) is 14.9 Å². The molecular formula is C13H24ClN5. The summed E-state index contributed by atoms with van der Waals surface area (Å²) in [4.78, 5) is 12.7. The SMILES string of the molecule is CCN(CC)CCCN(CC)c1nc(N)ncc1Cl. The molecule has 1 aromatic rings. The van der Waals surface area contributed by atoms with Crippen molar-refractivity contribution < 1.29 is 0 Å². The molecule has 0 saturated carbocycles. The third kappa shape index (κ3) is 4.84. The first-order valence-electron chi connectivity index (χ1n) is 6.87. The van der Waals surface area contributed by atoms with E-state index in [9.17, 15) is 0 Å². The Labute approximate surface area is 120 Å². The van der Waals surface area contributed by atoms with E-state index in [1.165, 1.54) is 0 Å². The van der Waals surface area contributed by atoms with E-state index >= 15 is 0 Å². The fourth-order valence-electron chi connectivity index (χ4n) is 2.03. The Morgan fingerprint density at radius 2 is 1.84 bits per heavy atom. The van der Waals surface area contributed by atoms with Gasteiger partial charge in [0.05, 0.1) is 6.20 Å². The van der Waals surface area contributed by atoms with Gasteiger partial charge in [-0.2, -0.15) is 4.98 Å². The Bertz CT molecular complexity index is 381. The second-order valence-electron chi connectivity index (χ2n) is 4.36. The van der Waals surface area contributed by atoms with E-state index in [4.69, 9.17) is 17.3 Å². The molecule has 0 aliphatic carbocycles.